The first kappa shape index (κ1) is 18.6. The van der Waals surface area contributed by atoms with Crippen molar-refractivity contribution in [1.29, 1.82) is 0 Å². The van der Waals surface area contributed by atoms with Crippen molar-refractivity contribution in [3.63, 3.8) is 0 Å². The summed E-state index contributed by atoms with van der Waals surface area (Å²) in [4.78, 5) is 12.9. The van der Waals surface area contributed by atoms with Crippen LogP contribution in [0.2, 0.25) is 0 Å². The lowest BCUT2D eigenvalue weighted by molar-refractivity contribution is -0.125. The number of halogens is 1. The summed E-state index contributed by atoms with van der Waals surface area (Å²) in [5.74, 6) is 1.68. The normalized spacial score (nSPS) is 11.8. The molecule has 9 heteroatoms. The van der Waals surface area contributed by atoms with Crippen LogP contribution < -0.4 is 5.73 Å². The van der Waals surface area contributed by atoms with Gasteiger partial charge in [-0.05, 0) is 18.4 Å². The van der Waals surface area contributed by atoms with Gasteiger partial charge >= 0.3 is 0 Å². The van der Waals surface area contributed by atoms with Crippen LogP contribution in [0.4, 0.5) is 0 Å². The van der Waals surface area contributed by atoms with E-state index in [4.69, 9.17) is 10.2 Å². The summed E-state index contributed by atoms with van der Waals surface area (Å²) < 4.78 is 5.41. The number of carbonyl (C=O) groups excluding carboxylic acids is 1. The number of thioether (sulfide) groups is 2. The van der Waals surface area contributed by atoms with Gasteiger partial charge in [0.05, 0.1) is 11.8 Å². The minimum atomic E-state index is -0.233. The molecule has 0 unspecified atom stereocenters. The van der Waals surface area contributed by atoms with Crippen molar-refractivity contribution in [2.75, 3.05) is 31.9 Å². The first-order chi connectivity index (χ1) is 8.54. The number of carbonyl (C=O) groups is 1. The van der Waals surface area contributed by atoms with Crippen LogP contribution in [0.15, 0.2) is 9.64 Å². The van der Waals surface area contributed by atoms with Gasteiger partial charge in [0.1, 0.15) is 0 Å². The molecule has 0 fully saturated rings. The number of hydrogen-bond donors (Lipinski definition) is 1. The Morgan fingerprint density at radius 2 is 2.16 bits per heavy atom. The third-order valence-electron chi connectivity index (χ3n) is 2.19. The van der Waals surface area contributed by atoms with Gasteiger partial charge in [0.25, 0.3) is 5.22 Å². The molecule has 0 aliphatic carbocycles. The molecule has 19 heavy (non-hydrogen) atoms. The lowest BCUT2D eigenvalue weighted by atomic mass is 10.2. The van der Waals surface area contributed by atoms with E-state index in [0.717, 1.165) is 12.2 Å². The Balaban J connectivity index is 0.00000324. The molecule has 1 rings (SSSR count). The smallest absolute Gasteiger partial charge is 0.277 e. The van der Waals surface area contributed by atoms with Gasteiger partial charge in [-0.25, -0.2) is 0 Å². The van der Waals surface area contributed by atoms with Crippen LogP contribution in [0.25, 0.3) is 0 Å². The number of aromatic nitrogens is 2. The Morgan fingerprint density at radius 3 is 2.74 bits per heavy atom. The predicted molar refractivity (Wildman–Crippen MR) is 80.9 cm³/mol. The average molecular weight is 327 g/mol. The second-order valence-corrected chi connectivity index (χ2v) is 5.78. The van der Waals surface area contributed by atoms with E-state index in [-0.39, 0.29) is 30.1 Å². The second-order valence-electron chi connectivity index (χ2n) is 3.87. The Labute approximate surface area is 127 Å². The molecular formula is C10H19ClN4O2S2. The van der Waals surface area contributed by atoms with Gasteiger partial charge in [0, 0.05) is 14.1 Å². The first-order valence-electron chi connectivity index (χ1n) is 5.45. The van der Waals surface area contributed by atoms with Gasteiger partial charge in [-0.1, -0.05) is 11.8 Å². The molecule has 1 heterocycles. The number of nitrogens with zero attached hydrogens (tertiary/aromatic N) is 3. The van der Waals surface area contributed by atoms with E-state index >= 15 is 0 Å². The van der Waals surface area contributed by atoms with Crippen molar-refractivity contribution in [2.24, 2.45) is 5.73 Å². The molecule has 0 saturated carbocycles. The van der Waals surface area contributed by atoms with Gasteiger partial charge in [0.15, 0.2) is 0 Å². The Kier molecular flexibility index (Phi) is 9.24. The van der Waals surface area contributed by atoms with Gasteiger partial charge < -0.3 is 15.1 Å². The molecule has 0 saturated heterocycles. The molecule has 0 radical (unpaired) electrons. The molecule has 1 amide bonds. The predicted octanol–water partition coefficient (Wildman–Crippen LogP) is 1.42. The highest BCUT2D eigenvalue weighted by Gasteiger charge is 2.15. The molecule has 0 spiro atoms. The summed E-state index contributed by atoms with van der Waals surface area (Å²) in [7, 11) is 3.42. The summed E-state index contributed by atoms with van der Waals surface area (Å²) >= 11 is 2.95. The molecule has 0 aromatic carbocycles. The van der Waals surface area contributed by atoms with Crippen molar-refractivity contribution in [3.8, 4) is 0 Å². The summed E-state index contributed by atoms with van der Waals surface area (Å²) in [6.07, 6.45) is 2.82. The lowest BCUT2D eigenvalue weighted by Crippen LogP contribution is -2.23. The van der Waals surface area contributed by atoms with E-state index in [9.17, 15) is 4.79 Å². The molecule has 0 aliphatic heterocycles. The van der Waals surface area contributed by atoms with E-state index in [1.165, 1.54) is 16.7 Å². The topological polar surface area (TPSA) is 85.2 Å². The maximum Gasteiger partial charge on any atom is 0.277 e. The maximum absolute atomic E-state index is 11.4. The van der Waals surface area contributed by atoms with Crippen LogP contribution in [0.1, 0.15) is 18.4 Å². The number of nitrogens with two attached hydrogens (primary N) is 1. The highest BCUT2D eigenvalue weighted by atomic mass is 35.5. The zero-order valence-corrected chi connectivity index (χ0v) is 13.6. The van der Waals surface area contributed by atoms with Crippen molar-refractivity contribution in [2.45, 2.75) is 17.7 Å². The third-order valence-corrected chi connectivity index (χ3v) is 3.64. The summed E-state index contributed by atoms with van der Waals surface area (Å²) in [6.45, 7) is 0. The van der Waals surface area contributed by atoms with Crippen LogP contribution >= 0.6 is 35.9 Å². The van der Waals surface area contributed by atoms with E-state index in [1.807, 2.05) is 6.26 Å². The van der Waals surface area contributed by atoms with Crippen molar-refractivity contribution in [1.82, 2.24) is 15.1 Å². The Hall–Kier alpha value is -0.440. The Morgan fingerprint density at radius 1 is 1.47 bits per heavy atom. The van der Waals surface area contributed by atoms with Crippen LogP contribution in [0, 0.1) is 0 Å². The van der Waals surface area contributed by atoms with Crippen LogP contribution in [0.3, 0.4) is 0 Å². The summed E-state index contributed by atoms with van der Waals surface area (Å²) in [5.41, 5.74) is 5.90. The van der Waals surface area contributed by atoms with Gasteiger partial charge in [0.2, 0.25) is 11.8 Å². The summed E-state index contributed by atoms with van der Waals surface area (Å²) in [6, 6.07) is -0.233. The fraction of sp³-hybridized carbons (Fsp3) is 0.700. The number of amides is 1. The largest absolute Gasteiger partial charge is 0.414 e. The molecule has 1 atom stereocenters. The molecule has 0 bridgehead atoms. The van der Waals surface area contributed by atoms with Crippen molar-refractivity contribution >= 4 is 41.8 Å². The fourth-order valence-electron chi connectivity index (χ4n) is 1.05. The molecule has 0 aliphatic rings. The summed E-state index contributed by atoms with van der Waals surface area (Å²) in [5, 5.41) is 8.15. The third kappa shape index (κ3) is 6.51. The highest BCUT2D eigenvalue weighted by molar-refractivity contribution is 7.99. The molecule has 1 aromatic rings. The molecule has 6 nitrogen and oxygen atoms in total. The minimum absolute atomic E-state index is 0. The van der Waals surface area contributed by atoms with Crippen LogP contribution in [-0.2, 0) is 4.79 Å². The lowest BCUT2D eigenvalue weighted by Gasteiger charge is -2.07. The van der Waals surface area contributed by atoms with E-state index in [0.29, 0.717) is 11.1 Å². The van der Waals surface area contributed by atoms with Crippen molar-refractivity contribution in [3.05, 3.63) is 5.89 Å². The highest BCUT2D eigenvalue weighted by Crippen LogP contribution is 2.20. The molecular weight excluding hydrogens is 308 g/mol. The average Bonchev–Trinajstić information content (AvgIpc) is 2.81. The van der Waals surface area contributed by atoms with Crippen molar-refractivity contribution < 1.29 is 9.21 Å². The van der Waals surface area contributed by atoms with E-state index in [1.54, 1.807) is 25.9 Å². The maximum atomic E-state index is 11.4. The second kappa shape index (κ2) is 9.46. The zero-order chi connectivity index (χ0) is 13.5. The SMILES string of the molecule is CSCC[C@@H](N)c1nnc(SCC(=O)N(C)C)o1.Cl. The van der Waals surface area contributed by atoms with Gasteiger partial charge in [-0.15, -0.1) is 22.6 Å². The first-order valence-corrected chi connectivity index (χ1v) is 7.83. The number of rotatable bonds is 7. The van der Waals surface area contributed by atoms with Crippen LogP contribution in [0.5, 0.6) is 0 Å². The molecule has 2 N–H and O–H groups in total. The Bertz CT molecular complexity index is 389. The zero-order valence-electron chi connectivity index (χ0n) is 11.2. The quantitative estimate of drug-likeness (QED) is 0.758. The fourth-order valence-corrected chi connectivity index (χ4v) is 2.29. The van der Waals surface area contributed by atoms with E-state index in [2.05, 4.69) is 10.2 Å². The van der Waals surface area contributed by atoms with E-state index < -0.39 is 0 Å². The van der Waals surface area contributed by atoms with Gasteiger partial charge in [-0.2, -0.15) is 11.8 Å². The standard InChI is InChI=1S/C10H18N4O2S2.ClH/c1-14(2)8(15)6-18-10-13-12-9(16-10)7(11)4-5-17-3;/h7H,4-6,11H2,1-3H3;1H/t7-;/m1./s1. The monoisotopic (exact) mass is 326 g/mol. The molecule has 110 valence electrons. The van der Waals surface area contributed by atoms with Crippen LogP contribution in [-0.4, -0.2) is 52.9 Å². The van der Waals surface area contributed by atoms with Gasteiger partial charge in [-0.3, -0.25) is 4.79 Å². The number of hydrogen-bond acceptors (Lipinski definition) is 7. The minimum Gasteiger partial charge on any atom is -0.414 e. The molecule has 1 aromatic heterocycles.